The van der Waals surface area contributed by atoms with Crippen molar-refractivity contribution in [3.8, 4) is 0 Å². The van der Waals surface area contributed by atoms with E-state index in [2.05, 4.69) is 75.1 Å². The molecule has 4 heterocycles. The number of carbonyl (C=O) groups excluding carboxylic acids is 1. The van der Waals surface area contributed by atoms with Gasteiger partial charge < -0.3 is 9.55 Å². The van der Waals surface area contributed by atoms with Crippen LogP contribution in [0, 0.1) is 5.41 Å². The van der Waals surface area contributed by atoms with Crippen molar-refractivity contribution in [3.05, 3.63) is 101 Å². The zero-order valence-corrected chi connectivity index (χ0v) is 18.2. The molecule has 2 aliphatic heterocycles. The number of H-pyrrole nitrogens is 1. The van der Waals surface area contributed by atoms with Crippen molar-refractivity contribution in [2.24, 2.45) is 5.41 Å². The van der Waals surface area contributed by atoms with E-state index in [-0.39, 0.29) is 17.4 Å². The zero-order chi connectivity index (χ0) is 21.9. The van der Waals surface area contributed by atoms with Gasteiger partial charge in [-0.05, 0) is 37.0 Å². The molecule has 0 saturated carbocycles. The average molecular weight is 424 g/mol. The molecule has 6 nitrogen and oxygen atoms in total. The van der Waals surface area contributed by atoms with Crippen LogP contribution in [-0.4, -0.2) is 25.4 Å². The van der Waals surface area contributed by atoms with Gasteiger partial charge in [-0.15, -0.1) is 0 Å². The lowest BCUT2D eigenvalue weighted by atomic mass is 9.55. The SMILES string of the molecule is CC12CC(C)(C(=O)Nc3nc(Cc4ccccc4)c[nH]3)C(c3ccccc31)n1ccnc12. The first-order chi connectivity index (χ1) is 15.5. The van der Waals surface area contributed by atoms with Gasteiger partial charge in [0.2, 0.25) is 11.9 Å². The maximum atomic E-state index is 13.7. The van der Waals surface area contributed by atoms with E-state index in [1.165, 1.54) is 16.7 Å². The molecule has 2 aromatic carbocycles. The molecule has 6 heteroatoms. The van der Waals surface area contributed by atoms with Gasteiger partial charge in [-0.3, -0.25) is 10.1 Å². The fourth-order valence-corrected chi connectivity index (χ4v) is 5.89. The van der Waals surface area contributed by atoms with Crippen LogP contribution in [-0.2, 0) is 16.6 Å². The highest BCUT2D eigenvalue weighted by molar-refractivity contribution is 5.95. The van der Waals surface area contributed by atoms with Crippen LogP contribution in [0.2, 0.25) is 0 Å². The lowest BCUT2D eigenvalue weighted by molar-refractivity contribution is -0.129. The van der Waals surface area contributed by atoms with Crippen LogP contribution < -0.4 is 5.32 Å². The number of aromatic nitrogens is 4. The fourth-order valence-electron chi connectivity index (χ4n) is 5.89. The third-order valence-corrected chi connectivity index (χ3v) is 7.22. The van der Waals surface area contributed by atoms with Gasteiger partial charge in [0.15, 0.2) is 0 Å². The van der Waals surface area contributed by atoms with E-state index in [4.69, 9.17) is 0 Å². The highest BCUT2D eigenvalue weighted by atomic mass is 16.2. The number of fused-ring (bicyclic) bond motifs is 1. The zero-order valence-electron chi connectivity index (χ0n) is 18.2. The van der Waals surface area contributed by atoms with Crippen molar-refractivity contribution in [2.75, 3.05) is 5.32 Å². The molecule has 3 atom stereocenters. The Morgan fingerprint density at radius 2 is 1.94 bits per heavy atom. The summed E-state index contributed by atoms with van der Waals surface area (Å²) in [6.45, 7) is 4.27. The largest absolute Gasteiger partial charge is 0.330 e. The van der Waals surface area contributed by atoms with E-state index in [1.807, 2.05) is 36.8 Å². The van der Waals surface area contributed by atoms with Crippen molar-refractivity contribution in [1.29, 1.82) is 0 Å². The Morgan fingerprint density at radius 1 is 1.16 bits per heavy atom. The minimum atomic E-state index is -0.636. The van der Waals surface area contributed by atoms with Gasteiger partial charge in [0, 0.05) is 25.0 Å². The van der Waals surface area contributed by atoms with Crippen LogP contribution >= 0.6 is 0 Å². The van der Waals surface area contributed by atoms with E-state index in [1.54, 1.807) is 0 Å². The minimum Gasteiger partial charge on any atom is -0.330 e. The van der Waals surface area contributed by atoms with Crippen LogP contribution in [0.5, 0.6) is 0 Å². The third-order valence-electron chi connectivity index (χ3n) is 7.22. The van der Waals surface area contributed by atoms with Gasteiger partial charge in [-0.1, -0.05) is 54.6 Å². The van der Waals surface area contributed by atoms with Gasteiger partial charge in [0.25, 0.3) is 0 Å². The molecule has 0 fully saturated rings. The number of carbonyl (C=O) groups is 1. The fraction of sp³-hybridized carbons (Fsp3) is 0.269. The Kier molecular flexibility index (Phi) is 3.97. The number of anilines is 1. The first-order valence-corrected chi connectivity index (χ1v) is 11.0. The second kappa shape index (κ2) is 6.66. The summed E-state index contributed by atoms with van der Waals surface area (Å²) in [6, 6.07) is 18.6. The monoisotopic (exact) mass is 423 g/mol. The van der Waals surface area contributed by atoms with Gasteiger partial charge in [-0.25, -0.2) is 9.97 Å². The quantitative estimate of drug-likeness (QED) is 0.509. The highest BCUT2D eigenvalue weighted by Gasteiger charge is 2.59. The smallest absolute Gasteiger partial charge is 0.235 e. The summed E-state index contributed by atoms with van der Waals surface area (Å²) in [5.41, 5.74) is 3.61. The summed E-state index contributed by atoms with van der Waals surface area (Å²) >= 11 is 0. The second-order valence-corrected chi connectivity index (χ2v) is 9.43. The molecule has 4 aromatic rings. The topological polar surface area (TPSA) is 75.6 Å². The van der Waals surface area contributed by atoms with E-state index >= 15 is 0 Å². The Balaban J connectivity index is 1.32. The summed E-state index contributed by atoms with van der Waals surface area (Å²) in [4.78, 5) is 26.2. The standard InChI is InChI=1S/C26H25N5O/c1-25-16-26(2,21(31-13-12-27-22(25)31)19-10-6-7-11-20(19)25)23(32)30-24-28-15-18(29-24)14-17-8-4-3-5-9-17/h3-13,15,21H,14,16H2,1-2H3,(H2,28,29,30,32). The van der Waals surface area contributed by atoms with Crippen LogP contribution in [0.25, 0.3) is 0 Å². The molecule has 0 spiro atoms. The van der Waals surface area contributed by atoms with Crippen LogP contribution in [0.15, 0.2) is 73.2 Å². The number of rotatable bonds is 4. The summed E-state index contributed by atoms with van der Waals surface area (Å²) in [5.74, 6) is 1.51. The molecule has 3 aliphatic rings. The number of nitrogens with zero attached hydrogens (tertiary/aromatic N) is 3. The van der Waals surface area contributed by atoms with Gasteiger partial charge in [0.05, 0.1) is 22.6 Å². The van der Waals surface area contributed by atoms with E-state index < -0.39 is 5.41 Å². The maximum Gasteiger partial charge on any atom is 0.235 e. The predicted octanol–water partition coefficient (Wildman–Crippen LogP) is 4.45. The Labute approximate surface area is 186 Å². The Hall–Kier alpha value is -3.67. The van der Waals surface area contributed by atoms with E-state index in [0.717, 1.165) is 17.9 Å². The molecule has 1 amide bonds. The number of hydrogen-bond donors (Lipinski definition) is 2. The van der Waals surface area contributed by atoms with E-state index in [9.17, 15) is 4.79 Å². The minimum absolute atomic E-state index is 0.0248. The van der Waals surface area contributed by atoms with Crippen molar-refractivity contribution in [1.82, 2.24) is 19.5 Å². The van der Waals surface area contributed by atoms with Crippen molar-refractivity contribution in [3.63, 3.8) is 0 Å². The van der Waals surface area contributed by atoms with Crippen molar-refractivity contribution < 1.29 is 4.79 Å². The molecule has 0 radical (unpaired) electrons. The van der Waals surface area contributed by atoms with Gasteiger partial charge in [-0.2, -0.15) is 0 Å². The normalized spacial score (nSPS) is 25.2. The van der Waals surface area contributed by atoms with Gasteiger partial charge in [0.1, 0.15) is 5.82 Å². The molecular formula is C26H25N5O. The summed E-state index contributed by atoms with van der Waals surface area (Å²) in [5, 5.41) is 3.07. The van der Waals surface area contributed by atoms with Crippen molar-refractivity contribution in [2.45, 2.75) is 38.1 Å². The van der Waals surface area contributed by atoms with Crippen LogP contribution in [0.1, 0.15) is 54.5 Å². The molecule has 2 aromatic heterocycles. The molecule has 32 heavy (non-hydrogen) atoms. The Bertz CT molecular complexity index is 1320. The summed E-state index contributed by atoms with van der Waals surface area (Å²) in [6.07, 6.45) is 7.13. The average Bonchev–Trinajstić information content (AvgIpc) is 3.45. The molecule has 2 bridgehead atoms. The molecule has 3 unspecified atom stereocenters. The lowest BCUT2D eigenvalue weighted by Gasteiger charge is -2.54. The number of amides is 1. The Morgan fingerprint density at radius 3 is 2.78 bits per heavy atom. The maximum absolute atomic E-state index is 13.7. The van der Waals surface area contributed by atoms with Gasteiger partial charge >= 0.3 is 0 Å². The van der Waals surface area contributed by atoms with Crippen molar-refractivity contribution >= 4 is 11.9 Å². The van der Waals surface area contributed by atoms with Crippen LogP contribution in [0.3, 0.4) is 0 Å². The molecule has 0 saturated heterocycles. The number of benzene rings is 2. The highest BCUT2D eigenvalue weighted by Crippen LogP contribution is 2.60. The summed E-state index contributed by atoms with van der Waals surface area (Å²) < 4.78 is 2.19. The number of imidazole rings is 2. The molecular weight excluding hydrogens is 398 g/mol. The molecule has 160 valence electrons. The molecule has 7 rings (SSSR count). The number of nitrogens with one attached hydrogen (secondary N) is 2. The van der Waals surface area contributed by atoms with Crippen LogP contribution in [0.4, 0.5) is 5.95 Å². The third kappa shape index (κ3) is 2.62. The first-order valence-electron chi connectivity index (χ1n) is 11.0. The number of aromatic amines is 1. The predicted molar refractivity (Wildman–Crippen MR) is 122 cm³/mol. The molecule has 1 aliphatic carbocycles. The van der Waals surface area contributed by atoms with E-state index in [0.29, 0.717) is 12.4 Å². The number of hydrogen-bond acceptors (Lipinski definition) is 3. The summed E-state index contributed by atoms with van der Waals surface area (Å²) in [7, 11) is 0. The lowest BCUT2D eigenvalue weighted by Crippen LogP contribution is -2.55. The molecule has 2 N–H and O–H groups in total. The second-order valence-electron chi connectivity index (χ2n) is 9.43. The first kappa shape index (κ1) is 19.0.